The smallest absolute Gasteiger partial charge is 0.550 e. The summed E-state index contributed by atoms with van der Waals surface area (Å²) in [6.07, 6.45) is 9.81. The summed E-state index contributed by atoms with van der Waals surface area (Å²) in [5, 5.41) is 39.4. The molecular formula is C34H48CoN2O6. The molecule has 1 fully saturated rings. The molecule has 2 aromatic rings. The van der Waals surface area contributed by atoms with Crippen LogP contribution in [0, 0.1) is 0 Å². The Balaban J connectivity index is 0.00000174. The number of carboxylic acids is 2. The maximum atomic E-state index is 10.8. The standard InChI is InChI=1S/C30H42N2O2.2C2H4O2.Co/c1-7-21-13-23(29(33)25(15-21)19(3)4)17-31-27-11-9-10-12-28(27)32-18-24-14-22(8-2)16-26(20(5)6)30(24)34;2*1-2(3)4;/h13-20,27-28,33-34H,7-12H2,1-6H3;2*1H3,(H,3,4);/q;;;+2/p-2. The van der Waals surface area contributed by atoms with E-state index in [4.69, 9.17) is 29.8 Å². The summed E-state index contributed by atoms with van der Waals surface area (Å²) in [6, 6.07) is 8.47. The van der Waals surface area contributed by atoms with Crippen LogP contribution in [0.5, 0.6) is 11.5 Å². The summed E-state index contributed by atoms with van der Waals surface area (Å²) in [6.45, 7) is 14.6. The summed E-state index contributed by atoms with van der Waals surface area (Å²) < 4.78 is 0. The third-order valence-electron chi connectivity index (χ3n) is 7.02. The Bertz CT molecular complexity index is 1140. The number of benzene rings is 2. The van der Waals surface area contributed by atoms with Gasteiger partial charge < -0.3 is 30.0 Å². The number of phenols is 2. The number of aliphatic carboxylic acids is 2. The van der Waals surface area contributed by atoms with Crippen molar-refractivity contribution in [1.29, 1.82) is 0 Å². The van der Waals surface area contributed by atoms with Crippen molar-refractivity contribution >= 4 is 24.4 Å². The summed E-state index contributed by atoms with van der Waals surface area (Å²) in [5.74, 6) is -0.968. The molecule has 0 bridgehead atoms. The molecule has 0 amide bonds. The number of hydrogen-bond donors (Lipinski definition) is 2. The molecule has 0 saturated heterocycles. The molecule has 3 rings (SSSR count). The van der Waals surface area contributed by atoms with Gasteiger partial charge in [0, 0.05) is 35.5 Å². The molecule has 8 nitrogen and oxygen atoms in total. The largest absolute Gasteiger partial charge is 2.00 e. The Morgan fingerprint density at radius 3 is 1.33 bits per heavy atom. The molecule has 2 aromatic carbocycles. The van der Waals surface area contributed by atoms with Gasteiger partial charge in [-0.25, -0.2) is 0 Å². The minimum absolute atomic E-state index is 0. The maximum Gasteiger partial charge on any atom is 2.00 e. The molecule has 0 heterocycles. The number of phenolic OH excluding ortho intramolecular Hbond substituents is 2. The number of hydrogen-bond acceptors (Lipinski definition) is 8. The number of carboxylic acid groups (broad SMARTS) is 2. The van der Waals surface area contributed by atoms with Gasteiger partial charge in [-0.1, -0.05) is 66.5 Å². The first-order valence-corrected chi connectivity index (χ1v) is 14.8. The number of rotatable bonds is 8. The zero-order chi connectivity index (χ0) is 32.0. The molecule has 1 aliphatic carbocycles. The van der Waals surface area contributed by atoms with Crippen LogP contribution in [0.15, 0.2) is 34.3 Å². The Morgan fingerprint density at radius 1 is 0.767 bits per heavy atom. The van der Waals surface area contributed by atoms with Crippen LogP contribution in [0.4, 0.5) is 0 Å². The van der Waals surface area contributed by atoms with Crippen LogP contribution >= 0.6 is 0 Å². The maximum absolute atomic E-state index is 10.8. The number of aliphatic imine (C=N–C) groups is 2. The molecule has 2 unspecified atom stereocenters. The minimum atomic E-state index is -1.08. The van der Waals surface area contributed by atoms with E-state index in [-0.39, 0.29) is 40.7 Å². The van der Waals surface area contributed by atoms with E-state index < -0.39 is 11.9 Å². The second-order valence-corrected chi connectivity index (χ2v) is 11.2. The van der Waals surface area contributed by atoms with Crippen LogP contribution in [-0.2, 0) is 39.2 Å². The SMILES string of the molecule is CC(=O)[O-].CC(=O)[O-].CCc1cc(C=NC2CCCCC2N=Cc2cc(CC)cc(C(C)C)c2O)c(O)c(C(C)C)c1.[Co+2]. The summed E-state index contributed by atoms with van der Waals surface area (Å²) in [7, 11) is 0. The van der Waals surface area contributed by atoms with Crippen LogP contribution in [0.25, 0.3) is 0 Å². The average Bonchev–Trinajstić information content (AvgIpc) is 2.91. The summed E-state index contributed by atoms with van der Waals surface area (Å²) >= 11 is 0. The van der Waals surface area contributed by atoms with Crippen molar-refractivity contribution in [2.24, 2.45) is 9.98 Å². The molecule has 9 heteroatoms. The van der Waals surface area contributed by atoms with Crippen molar-refractivity contribution in [1.82, 2.24) is 0 Å². The molecule has 2 N–H and O–H groups in total. The quantitative estimate of drug-likeness (QED) is 0.396. The minimum Gasteiger partial charge on any atom is -0.550 e. The van der Waals surface area contributed by atoms with Gasteiger partial charge in [-0.3, -0.25) is 9.98 Å². The molecule has 0 aliphatic heterocycles. The van der Waals surface area contributed by atoms with Crippen molar-refractivity contribution in [3.8, 4) is 11.5 Å². The summed E-state index contributed by atoms with van der Waals surface area (Å²) in [4.78, 5) is 27.6. The fraction of sp³-hybridized carbons (Fsp3) is 0.529. The molecule has 2 atom stereocenters. The van der Waals surface area contributed by atoms with Crippen molar-refractivity contribution in [3.05, 3.63) is 57.6 Å². The van der Waals surface area contributed by atoms with Gasteiger partial charge in [0.15, 0.2) is 0 Å². The molecule has 239 valence electrons. The van der Waals surface area contributed by atoms with Gasteiger partial charge in [-0.05, 0) is 85.8 Å². The molecule has 1 aliphatic rings. The topological polar surface area (TPSA) is 145 Å². The number of aromatic hydroxyl groups is 2. The zero-order valence-corrected chi connectivity index (χ0v) is 27.8. The first kappa shape index (κ1) is 39.8. The van der Waals surface area contributed by atoms with E-state index in [1.165, 1.54) is 11.1 Å². The third kappa shape index (κ3) is 13.8. The van der Waals surface area contributed by atoms with Crippen LogP contribution in [0.2, 0.25) is 0 Å². The predicted molar refractivity (Wildman–Crippen MR) is 166 cm³/mol. The van der Waals surface area contributed by atoms with E-state index in [9.17, 15) is 10.2 Å². The Labute approximate surface area is 267 Å². The van der Waals surface area contributed by atoms with Gasteiger partial charge in [-0.2, -0.15) is 0 Å². The van der Waals surface area contributed by atoms with E-state index in [0.29, 0.717) is 11.5 Å². The van der Waals surface area contributed by atoms with Gasteiger partial charge in [-0.15, -0.1) is 0 Å². The zero-order valence-electron chi connectivity index (χ0n) is 26.8. The number of carbonyl (C=O) groups is 2. The van der Waals surface area contributed by atoms with Crippen LogP contribution in [0.1, 0.15) is 126 Å². The molecule has 1 radical (unpaired) electrons. The molecule has 43 heavy (non-hydrogen) atoms. The van der Waals surface area contributed by atoms with E-state index >= 15 is 0 Å². The van der Waals surface area contributed by atoms with Gasteiger partial charge in [0.05, 0.1) is 12.1 Å². The van der Waals surface area contributed by atoms with Gasteiger partial charge in [0.1, 0.15) is 11.5 Å². The second kappa shape index (κ2) is 19.9. The van der Waals surface area contributed by atoms with E-state index in [0.717, 1.165) is 74.6 Å². The van der Waals surface area contributed by atoms with Gasteiger partial charge in [0.2, 0.25) is 0 Å². The number of nitrogens with zero attached hydrogens (tertiary/aromatic N) is 2. The predicted octanol–water partition coefficient (Wildman–Crippen LogP) is 4.83. The second-order valence-electron chi connectivity index (χ2n) is 11.2. The van der Waals surface area contributed by atoms with Crippen molar-refractivity contribution in [3.63, 3.8) is 0 Å². The van der Waals surface area contributed by atoms with E-state index in [2.05, 4.69) is 53.7 Å². The summed E-state index contributed by atoms with van der Waals surface area (Å²) in [5.41, 5.74) is 5.98. The van der Waals surface area contributed by atoms with Crippen molar-refractivity contribution < 1.29 is 46.8 Å². The fourth-order valence-electron chi connectivity index (χ4n) is 4.77. The number of aryl methyl sites for hydroxylation is 2. The van der Waals surface area contributed by atoms with Gasteiger partial charge >= 0.3 is 16.8 Å². The first-order chi connectivity index (χ1) is 19.7. The molecule has 1 saturated carbocycles. The van der Waals surface area contributed by atoms with Crippen molar-refractivity contribution in [2.45, 2.75) is 118 Å². The Kier molecular flexibility index (Phi) is 18.4. The molecular weight excluding hydrogens is 591 g/mol. The number of carbonyl (C=O) groups excluding carboxylic acids is 2. The Morgan fingerprint density at radius 2 is 1.07 bits per heavy atom. The Hall–Kier alpha value is -3.17. The average molecular weight is 640 g/mol. The first-order valence-electron chi connectivity index (χ1n) is 14.8. The third-order valence-corrected chi connectivity index (χ3v) is 7.02. The van der Waals surface area contributed by atoms with Gasteiger partial charge in [0.25, 0.3) is 0 Å². The monoisotopic (exact) mass is 639 g/mol. The molecule has 0 aromatic heterocycles. The van der Waals surface area contributed by atoms with Crippen LogP contribution in [-0.4, -0.2) is 46.7 Å². The van der Waals surface area contributed by atoms with E-state index in [1.807, 2.05) is 24.6 Å². The van der Waals surface area contributed by atoms with E-state index in [1.54, 1.807) is 0 Å². The van der Waals surface area contributed by atoms with Crippen molar-refractivity contribution in [2.75, 3.05) is 0 Å². The normalized spacial score (nSPS) is 16.3. The molecule has 0 spiro atoms. The fourth-order valence-corrected chi connectivity index (χ4v) is 4.77. The van der Waals surface area contributed by atoms with Crippen LogP contribution < -0.4 is 10.2 Å². The van der Waals surface area contributed by atoms with Crippen LogP contribution in [0.3, 0.4) is 0 Å².